The highest BCUT2D eigenvalue weighted by Crippen LogP contribution is 2.19. The SMILES string of the molecule is COc1ncccc1-n1cc(CCl)cc(Br)c1=O. The topological polar surface area (TPSA) is 44.1 Å². The molecule has 0 saturated carbocycles. The van der Waals surface area contributed by atoms with Crippen LogP contribution in [0.25, 0.3) is 5.69 Å². The van der Waals surface area contributed by atoms with Crippen LogP contribution < -0.4 is 10.3 Å². The van der Waals surface area contributed by atoms with E-state index in [1.54, 1.807) is 30.6 Å². The van der Waals surface area contributed by atoms with Gasteiger partial charge in [0.25, 0.3) is 5.56 Å². The van der Waals surface area contributed by atoms with Gasteiger partial charge in [-0.05, 0) is 39.7 Å². The molecular formula is C12H10BrClN2O2. The first-order chi connectivity index (χ1) is 8.67. The lowest BCUT2D eigenvalue weighted by molar-refractivity contribution is 0.395. The van der Waals surface area contributed by atoms with E-state index in [9.17, 15) is 4.79 Å². The van der Waals surface area contributed by atoms with E-state index in [-0.39, 0.29) is 5.56 Å². The molecule has 0 bridgehead atoms. The molecule has 0 radical (unpaired) electrons. The Morgan fingerprint density at radius 3 is 3.00 bits per heavy atom. The standard InChI is InChI=1S/C12H10BrClN2O2/c1-18-11-10(3-2-4-15-11)16-7-8(6-14)5-9(13)12(16)17/h2-5,7H,6H2,1H3. The maximum atomic E-state index is 12.1. The zero-order valence-electron chi connectivity index (χ0n) is 9.56. The molecule has 0 saturated heterocycles. The van der Waals surface area contributed by atoms with E-state index in [1.165, 1.54) is 11.7 Å². The smallest absolute Gasteiger partial charge is 0.269 e. The summed E-state index contributed by atoms with van der Waals surface area (Å²) in [6.45, 7) is 0. The first-order valence-electron chi connectivity index (χ1n) is 5.13. The third-order valence-corrected chi connectivity index (χ3v) is 3.27. The Hall–Kier alpha value is -1.33. The van der Waals surface area contributed by atoms with Crippen LogP contribution in [0.1, 0.15) is 5.56 Å². The van der Waals surface area contributed by atoms with Gasteiger partial charge in [0, 0.05) is 18.3 Å². The van der Waals surface area contributed by atoms with Gasteiger partial charge in [0.15, 0.2) is 0 Å². The third kappa shape index (κ3) is 2.42. The maximum Gasteiger partial charge on any atom is 0.269 e. The van der Waals surface area contributed by atoms with Gasteiger partial charge in [-0.25, -0.2) is 4.98 Å². The van der Waals surface area contributed by atoms with Crippen LogP contribution >= 0.6 is 27.5 Å². The van der Waals surface area contributed by atoms with Crippen LogP contribution in [-0.4, -0.2) is 16.7 Å². The fourth-order valence-corrected chi connectivity index (χ4v) is 2.21. The molecule has 2 aromatic rings. The van der Waals surface area contributed by atoms with Crippen molar-refractivity contribution >= 4 is 27.5 Å². The zero-order valence-corrected chi connectivity index (χ0v) is 11.9. The summed E-state index contributed by atoms with van der Waals surface area (Å²) in [5.74, 6) is 0.708. The van der Waals surface area contributed by atoms with Crippen molar-refractivity contribution in [3.8, 4) is 11.6 Å². The minimum Gasteiger partial charge on any atom is -0.480 e. The van der Waals surface area contributed by atoms with Crippen LogP contribution in [0.4, 0.5) is 0 Å². The number of hydrogen-bond donors (Lipinski definition) is 0. The Kier molecular flexibility index (Phi) is 4.04. The highest BCUT2D eigenvalue weighted by Gasteiger charge is 2.10. The van der Waals surface area contributed by atoms with Crippen LogP contribution in [0.5, 0.6) is 5.88 Å². The van der Waals surface area contributed by atoms with Crippen molar-refractivity contribution in [2.75, 3.05) is 7.11 Å². The quantitative estimate of drug-likeness (QED) is 0.813. The van der Waals surface area contributed by atoms with E-state index < -0.39 is 0 Å². The lowest BCUT2D eigenvalue weighted by Gasteiger charge is -2.11. The molecule has 2 aromatic heterocycles. The van der Waals surface area contributed by atoms with Crippen molar-refractivity contribution in [2.45, 2.75) is 5.88 Å². The summed E-state index contributed by atoms with van der Waals surface area (Å²) >= 11 is 9.03. The van der Waals surface area contributed by atoms with Crippen LogP contribution in [0.2, 0.25) is 0 Å². The average molecular weight is 330 g/mol. The summed E-state index contributed by atoms with van der Waals surface area (Å²) in [6, 6.07) is 5.21. The van der Waals surface area contributed by atoms with Gasteiger partial charge in [-0.2, -0.15) is 0 Å². The molecule has 94 valence electrons. The molecule has 6 heteroatoms. The summed E-state index contributed by atoms with van der Waals surface area (Å²) in [6.07, 6.45) is 3.29. The van der Waals surface area contributed by atoms with Crippen LogP contribution in [0.3, 0.4) is 0 Å². The third-order valence-electron chi connectivity index (χ3n) is 2.39. The van der Waals surface area contributed by atoms with Crippen LogP contribution in [0, 0.1) is 0 Å². The van der Waals surface area contributed by atoms with Crippen molar-refractivity contribution in [1.29, 1.82) is 0 Å². The van der Waals surface area contributed by atoms with Gasteiger partial charge in [0.05, 0.1) is 11.6 Å². The summed E-state index contributed by atoms with van der Waals surface area (Å²) in [5, 5.41) is 0. The van der Waals surface area contributed by atoms with E-state index in [4.69, 9.17) is 16.3 Å². The molecule has 2 heterocycles. The number of aromatic nitrogens is 2. The minimum atomic E-state index is -0.185. The second-order valence-corrected chi connectivity index (χ2v) is 4.66. The van der Waals surface area contributed by atoms with Gasteiger partial charge < -0.3 is 4.74 Å². The summed E-state index contributed by atoms with van der Waals surface area (Å²) in [5.41, 5.74) is 1.22. The molecule has 0 aliphatic rings. The van der Waals surface area contributed by atoms with Gasteiger partial charge >= 0.3 is 0 Å². The largest absolute Gasteiger partial charge is 0.480 e. The van der Waals surface area contributed by atoms with Crippen LogP contribution in [0.15, 0.2) is 39.9 Å². The molecule has 0 N–H and O–H groups in total. The molecule has 0 spiro atoms. The molecule has 4 nitrogen and oxygen atoms in total. The van der Waals surface area contributed by atoms with E-state index in [0.717, 1.165) is 5.56 Å². The number of pyridine rings is 2. The average Bonchev–Trinajstić information content (AvgIpc) is 2.41. The van der Waals surface area contributed by atoms with Gasteiger partial charge in [0.1, 0.15) is 5.69 Å². The normalized spacial score (nSPS) is 10.4. The molecular weight excluding hydrogens is 320 g/mol. The predicted molar refractivity (Wildman–Crippen MR) is 73.6 cm³/mol. The van der Waals surface area contributed by atoms with Gasteiger partial charge in [0.2, 0.25) is 5.88 Å². The second kappa shape index (κ2) is 5.54. The number of ether oxygens (including phenoxy) is 1. The molecule has 0 aliphatic carbocycles. The van der Waals surface area contributed by atoms with Gasteiger partial charge in [-0.3, -0.25) is 9.36 Å². The highest BCUT2D eigenvalue weighted by atomic mass is 79.9. The number of nitrogens with zero attached hydrogens (tertiary/aromatic N) is 2. The number of rotatable bonds is 3. The predicted octanol–water partition coefficient (Wildman–Crippen LogP) is 2.74. The molecule has 0 unspecified atom stereocenters. The Bertz CT molecular complexity index is 628. The zero-order chi connectivity index (χ0) is 13.1. The number of alkyl halides is 1. The molecule has 0 fully saturated rings. The Labute approximate surface area is 117 Å². The lowest BCUT2D eigenvalue weighted by atomic mass is 10.3. The first-order valence-corrected chi connectivity index (χ1v) is 6.46. The number of hydrogen-bond acceptors (Lipinski definition) is 3. The first kappa shape index (κ1) is 13.1. The van der Waals surface area contributed by atoms with E-state index in [0.29, 0.717) is 21.9 Å². The van der Waals surface area contributed by atoms with Crippen molar-refractivity contribution in [3.63, 3.8) is 0 Å². The van der Waals surface area contributed by atoms with Crippen molar-refractivity contribution in [3.05, 3.63) is 51.0 Å². The van der Waals surface area contributed by atoms with E-state index in [2.05, 4.69) is 20.9 Å². The van der Waals surface area contributed by atoms with E-state index >= 15 is 0 Å². The molecule has 0 atom stereocenters. The molecule has 2 rings (SSSR count). The summed E-state index contributed by atoms with van der Waals surface area (Å²) < 4.78 is 7.07. The molecule has 18 heavy (non-hydrogen) atoms. The number of methoxy groups -OCH3 is 1. The second-order valence-electron chi connectivity index (χ2n) is 3.54. The van der Waals surface area contributed by atoms with Gasteiger partial charge in [-0.1, -0.05) is 0 Å². The van der Waals surface area contributed by atoms with Crippen molar-refractivity contribution in [2.24, 2.45) is 0 Å². The fraction of sp³-hybridized carbons (Fsp3) is 0.167. The molecule has 0 aliphatic heterocycles. The Balaban J connectivity index is 2.70. The number of halogens is 2. The van der Waals surface area contributed by atoms with Crippen LogP contribution in [-0.2, 0) is 5.88 Å². The molecule has 0 amide bonds. The Morgan fingerprint density at radius 2 is 2.33 bits per heavy atom. The Morgan fingerprint density at radius 1 is 1.56 bits per heavy atom. The molecule has 0 aromatic carbocycles. The monoisotopic (exact) mass is 328 g/mol. The fourth-order valence-electron chi connectivity index (χ4n) is 1.58. The summed E-state index contributed by atoms with van der Waals surface area (Å²) in [7, 11) is 1.51. The highest BCUT2D eigenvalue weighted by molar-refractivity contribution is 9.10. The van der Waals surface area contributed by atoms with Gasteiger partial charge in [-0.15, -0.1) is 11.6 Å². The lowest BCUT2D eigenvalue weighted by Crippen LogP contribution is -2.20. The van der Waals surface area contributed by atoms with E-state index in [1.807, 2.05) is 0 Å². The van der Waals surface area contributed by atoms with Crippen molar-refractivity contribution in [1.82, 2.24) is 9.55 Å². The summed E-state index contributed by atoms with van der Waals surface area (Å²) in [4.78, 5) is 16.2. The van der Waals surface area contributed by atoms with Crippen molar-refractivity contribution < 1.29 is 4.74 Å². The minimum absolute atomic E-state index is 0.185. The maximum absolute atomic E-state index is 12.1.